The molecule has 1 rings (SSSR count). The molecule has 22 heavy (non-hydrogen) atoms. The molecule has 1 aromatic rings. The Bertz CT molecular complexity index is 509. The van der Waals surface area contributed by atoms with Crippen LogP contribution in [0.2, 0.25) is 5.02 Å². The maximum atomic E-state index is 11.7. The average Bonchev–Trinajstić information content (AvgIpc) is 2.48. The van der Waals surface area contributed by atoms with Crippen molar-refractivity contribution in [3.05, 3.63) is 23.2 Å². The molecule has 2 amide bonds. The second-order valence-corrected chi connectivity index (χ2v) is 5.18. The van der Waals surface area contributed by atoms with Gasteiger partial charge in [-0.25, -0.2) is 0 Å². The fourth-order valence-corrected chi connectivity index (χ4v) is 1.85. The first-order valence-electron chi connectivity index (χ1n) is 7.26. The highest BCUT2D eigenvalue weighted by Crippen LogP contribution is 2.23. The monoisotopic (exact) mass is 327 g/mol. The number of anilines is 2. The summed E-state index contributed by atoms with van der Waals surface area (Å²) in [6.45, 7) is 3.76. The van der Waals surface area contributed by atoms with Crippen molar-refractivity contribution in [2.24, 2.45) is 0 Å². The van der Waals surface area contributed by atoms with Crippen molar-refractivity contribution in [2.45, 2.75) is 26.2 Å². The molecule has 0 saturated carbocycles. The Labute approximate surface area is 135 Å². The molecule has 0 aromatic heterocycles. The van der Waals surface area contributed by atoms with Crippen molar-refractivity contribution in [1.29, 1.82) is 0 Å². The lowest BCUT2D eigenvalue weighted by molar-refractivity contribution is -0.136. The molecule has 0 spiro atoms. The molecule has 7 heteroatoms. The number of nitrogens with two attached hydrogens (primary N) is 1. The highest BCUT2D eigenvalue weighted by Gasteiger charge is 2.14. The van der Waals surface area contributed by atoms with Crippen molar-refractivity contribution in [3.8, 4) is 0 Å². The van der Waals surface area contributed by atoms with Crippen LogP contribution in [0.1, 0.15) is 26.2 Å². The zero-order valence-corrected chi connectivity index (χ0v) is 13.4. The minimum absolute atomic E-state index is 0.283. The number of carbonyl (C=O) groups excluding carboxylic acids is 2. The number of benzene rings is 1. The molecule has 0 unspecified atom stereocenters. The van der Waals surface area contributed by atoms with Crippen molar-refractivity contribution in [2.75, 3.05) is 30.8 Å². The van der Waals surface area contributed by atoms with E-state index in [4.69, 9.17) is 22.1 Å². The number of rotatable bonds is 8. The van der Waals surface area contributed by atoms with E-state index in [1.165, 1.54) is 6.07 Å². The van der Waals surface area contributed by atoms with E-state index >= 15 is 0 Å². The molecule has 0 saturated heterocycles. The quantitative estimate of drug-likeness (QED) is 0.387. The molecule has 0 bridgehead atoms. The lowest BCUT2D eigenvalue weighted by Crippen LogP contribution is -2.36. The van der Waals surface area contributed by atoms with Gasteiger partial charge in [-0.15, -0.1) is 0 Å². The van der Waals surface area contributed by atoms with Crippen molar-refractivity contribution in [1.82, 2.24) is 5.32 Å². The van der Waals surface area contributed by atoms with Crippen molar-refractivity contribution < 1.29 is 14.3 Å². The number of nitrogen functional groups attached to an aromatic ring is 1. The SMILES string of the molecule is CCCCOCCCNC(=O)C(=O)Nc1ccc(N)cc1Cl. The van der Waals surface area contributed by atoms with Crippen LogP contribution in [0.3, 0.4) is 0 Å². The zero-order valence-electron chi connectivity index (χ0n) is 12.7. The molecule has 0 aliphatic heterocycles. The van der Waals surface area contributed by atoms with E-state index in [9.17, 15) is 9.59 Å². The maximum Gasteiger partial charge on any atom is 0.313 e. The number of halogens is 1. The Kier molecular flexibility index (Phi) is 8.32. The van der Waals surface area contributed by atoms with E-state index in [0.717, 1.165) is 19.4 Å². The Balaban J connectivity index is 2.26. The van der Waals surface area contributed by atoms with Crippen LogP contribution in [0.4, 0.5) is 11.4 Å². The highest BCUT2D eigenvalue weighted by molar-refractivity contribution is 6.41. The van der Waals surface area contributed by atoms with E-state index in [-0.39, 0.29) is 5.02 Å². The number of carbonyl (C=O) groups is 2. The number of ether oxygens (including phenoxy) is 1. The smallest absolute Gasteiger partial charge is 0.313 e. The molecule has 0 aliphatic rings. The molecule has 6 nitrogen and oxygen atoms in total. The van der Waals surface area contributed by atoms with Crippen LogP contribution >= 0.6 is 11.6 Å². The van der Waals surface area contributed by atoms with E-state index in [0.29, 0.717) is 30.9 Å². The number of amides is 2. The third-order valence-electron chi connectivity index (χ3n) is 2.84. The lowest BCUT2D eigenvalue weighted by atomic mass is 10.3. The first-order valence-corrected chi connectivity index (χ1v) is 7.64. The van der Waals surface area contributed by atoms with Crippen LogP contribution in [0.25, 0.3) is 0 Å². The first kappa shape index (κ1) is 18.3. The summed E-state index contributed by atoms with van der Waals surface area (Å²) in [4.78, 5) is 23.3. The summed E-state index contributed by atoms with van der Waals surface area (Å²) in [5.41, 5.74) is 6.38. The van der Waals surface area contributed by atoms with Gasteiger partial charge in [0.1, 0.15) is 0 Å². The third-order valence-corrected chi connectivity index (χ3v) is 3.15. The predicted octanol–water partition coefficient (Wildman–Crippen LogP) is 2.18. The average molecular weight is 328 g/mol. The van der Waals surface area contributed by atoms with Crippen molar-refractivity contribution in [3.63, 3.8) is 0 Å². The van der Waals surface area contributed by atoms with Gasteiger partial charge in [-0.2, -0.15) is 0 Å². The van der Waals surface area contributed by atoms with Gasteiger partial charge in [0.2, 0.25) is 0 Å². The molecular formula is C15H22ClN3O3. The summed E-state index contributed by atoms with van der Waals surface area (Å²) < 4.78 is 5.36. The molecule has 1 aromatic carbocycles. The number of hydrogen-bond donors (Lipinski definition) is 3. The normalized spacial score (nSPS) is 10.3. The van der Waals surface area contributed by atoms with E-state index in [1.54, 1.807) is 12.1 Å². The Morgan fingerprint density at radius 3 is 2.64 bits per heavy atom. The minimum atomic E-state index is -0.765. The van der Waals surface area contributed by atoms with Gasteiger partial charge < -0.3 is 21.1 Å². The van der Waals surface area contributed by atoms with Gasteiger partial charge in [0.25, 0.3) is 0 Å². The Morgan fingerprint density at radius 2 is 1.95 bits per heavy atom. The summed E-state index contributed by atoms with van der Waals surface area (Å²) in [7, 11) is 0. The molecule has 0 atom stereocenters. The molecule has 122 valence electrons. The first-order chi connectivity index (χ1) is 10.5. The van der Waals surface area contributed by atoms with E-state index in [2.05, 4.69) is 17.6 Å². The van der Waals surface area contributed by atoms with Crippen LogP contribution in [0.15, 0.2) is 18.2 Å². The van der Waals surface area contributed by atoms with Gasteiger partial charge >= 0.3 is 11.8 Å². The van der Waals surface area contributed by atoms with Crippen LogP contribution in [-0.2, 0) is 14.3 Å². The van der Waals surface area contributed by atoms with Gasteiger partial charge in [-0.1, -0.05) is 24.9 Å². The van der Waals surface area contributed by atoms with Gasteiger partial charge in [0.05, 0.1) is 10.7 Å². The van der Waals surface area contributed by atoms with E-state index < -0.39 is 11.8 Å². The fraction of sp³-hybridized carbons (Fsp3) is 0.467. The molecule has 0 heterocycles. The summed E-state index contributed by atoms with van der Waals surface area (Å²) >= 11 is 5.92. The summed E-state index contributed by atoms with van der Waals surface area (Å²) in [6.07, 6.45) is 2.77. The standard InChI is InChI=1S/C15H22ClN3O3/c1-2-3-8-22-9-4-7-18-14(20)15(21)19-13-6-5-11(17)10-12(13)16/h5-6,10H,2-4,7-9,17H2,1H3,(H,18,20)(H,19,21). The molecule has 0 fully saturated rings. The summed E-state index contributed by atoms with van der Waals surface area (Å²) in [5.74, 6) is -1.47. The number of hydrogen-bond acceptors (Lipinski definition) is 4. The number of unbranched alkanes of at least 4 members (excludes halogenated alkanes) is 1. The van der Waals surface area contributed by atoms with Crippen LogP contribution in [0, 0.1) is 0 Å². The third kappa shape index (κ3) is 6.78. The zero-order chi connectivity index (χ0) is 16.4. The number of nitrogens with one attached hydrogen (secondary N) is 2. The Morgan fingerprint density at radius 1 is 1.23 bits per heavy atom. The molecule has 4 N–H and O–H groups in total. The second-order valence-electron chi connectivity index (χ2n) is 4.77. The predicted molar refractivity (Wildman–Crippen MR) is 87.8 cm³/mol. The van der Waals surface area contributed by atoms with Gasteiger partial charge in [0.15, 0.2) is 0 Å². The van der Waals surface area contributed by atoms with Crippen LogP contribution < -0.4 is 16.4 Å². The maximum absolute atomic E-state index is 11.7. The van der Waals surface area contributed by atoms with Crippen LogP contribution in [0.5, 0.6) is 0 Å². The molecule has 0 radical (unpaired) electrons. The molecular weight excluding hydrogens is 306 g/mol. The fourth-order valence-electron chi connectivity index (χ4n) is 1.62. The minimum Gasteiger partial charge on any atom is -0.399 e. The van der Waals surface area contributed by atoms with Gasteiger partial charge in [-0.3, -0.25) is 9.59 Å². The van der Waals surface area contributed by atoms with Gasteiger partial charge in [0, 0.05) is 25.4 Å². The second kappa shape index (κ2) is 10.0. The van der Waals surface area contributed by atoms with Crippen molar-refractivity contribution >= 4 is 34.8 Å². The van der Waals surface area contributed by atoms with Gasteiger partial charge in [-0.05, 0) is 31.0 Å². The van der Waals surface area contributed by atoms with Crippen LogP contribution in [-0.4, -0.2) is 31.6 Å². The summed E-state index contributed by atoms with van der Waals surface area (Å²) in [6, 6.07) is 4.64. The van der Waals surface area contributed by atoms with E-state index in [1.807, 2.05) is 0 Å². The topological polar surface area (TPSA) is 93.4 Å². The Hall–Kier alpha value is -1.79. The highest BCUT2D eigenvalue weighted by atomic mass is 35.5. The lowest BCUT2D eigenvalue weighted by Gasteiger charge is -2.08. The molecule has 0 aliphatic carbocycles. The summed E-state index contributed by atoms with van der Waals surface area (Å²) in [5, 5.41) is 5.24. The largest absolute Gasteiger partial charge is 0.399 e.